The van der Waals surface area contributed by atoms with Gasteiger partial charge in [0.05, 0.1) is 12.2 Å². The molecule has 0 spiro atoms. The Morgan fingerprint density at radius 2 is 1.76 bits per heavy atom. The Morgan fingerprint density at radius 3 is 2.05 bits per heavy atom. The number of sulfonamides is 1. The van der Waals surface area contributed by atoms with Gasteiger partial charge in [-0.25, -0.2) is 0 Å². The second kappa shape index (κ2) is 5.84. The second-order valence-electron chi connectivity index (χ2n) is 3.92. The summed E-state index contributed by atoms with van der Waals surface area (Å²) < 4.78 is 60.3. The Hall–Kier alpha value is -0.0900. The Kier molecular flexibility index (Phi) is 5.27. The lowest BCUT2D eigenvalue weighted by Gasteiger charge is -2.27. The van der Waals surface area contributed by atoms with Gasteiger partial charge in [0.15, 0.2) is 5.15 Å². The molecule has 1 heterocycles. The monoisotopic (exact) mass is 407 g/mol. The van der Waals surface area contributed by atoms with Gasteiger partial charge in [0.1, 0.15) is 5.69 Å². The number of rotatable bonds is 3. The summed E-state index contributed by atoms with van der Waals surface area (Å²) in [7, 11) is -4.49. The summed E-state index contributed by atoms with van der Waals surface area (Å²) in [6, 6.07) is 0. The third-order valence-electron chi connectivity index (χ3n) is 2.28. The number of aryl methyl sites for hydroxylation is 2. The highest BCUT2D eigenvalue weighted by Crippen LogP contribution is 2.40. The maximum absolute atomic E-state index is 12.8. The van der Waals surface area contributed by atoms with E-state index in [9.17, 15) is 21.6 Å². The van der Waals surface area contributed by atoms with Crippen LogP contribution in [0.4, 0.5) is 18.9 Å². The van der Waals surface area contributed by atoms with Crippen molar-refractivity contribution in [2.45, 2.75) is 16.2 Å². The molecular formula is C8H8Cl4F3N3O2S. The highest BCUT2D eigenvalue weighted by Gasteiger charge is 2.52. The summed E-state index contributed by atoms with van der Waals surface area (Å²) in [6.07, 6.45) is 0. The molecule has 0 amide bonds. The molecule has 13 heteroatoms. The van der Waals surface area contributed by atoms with Crippen LogP contribution < -0.4 is 4.31 Å². The van der Waals surface area contributed by atoms with E-state index >= 15 is 0 Å². The van der Waals surface area contributed by atoms with Gasteiger partial charge in [-0.2, -0.15) is 26.7 Å². The molecule has 0 atom stereocenters. The number of nitrogens with zero attached hydrogens (tertiary/aromatic N) is 3. The molecule has 0 unspecified atom stereocenters. The van der Waals surface area contributed by atoms with Gasteiger partial charge >= 0.3 is 15.5 Å². The zero-order valence-corrected chi connectivity index (χ0v) is 14.3. The lowest BCUT2D eigenvalue weighted by molar-refractivity contribution is -0.0438. The number of alkyl halides is 6. The van der Waals surface area contributed by atoms with Crippen LogP contribution in [0.25, 0.3) is 0 Å². The third kappa shape index (κ3) is 4.01. The SMILES string of the molecule is Cc1nn(C)c(Cl)c1N(CC(Cl)(Cl)Cl)S(=O)(=O)C(F)(F)F. The Morgan fingerprint density at radius 1 is 1.29 bits per heavy atom. The summed E-state index contributed by atoms with van der Waals surface area (Å²) in [4.78, 5) is 0. The van der Waals surface area contributed by atoms with Gasteiger partial charge in [0.2, 0.25) is 3.79 Å². The minimum atomic E-state index is -5.81. The minimum absolute atomic E-state index is 0.0652. The molecule has 0 aliphatic heterocycles. The largest absolute Gasteiger partial charge is 0.516 e. The predicted molar refractivity (Wildman–Crippen MR) is 75.6 cm³/mol. The number of anilines is 1. The van der Waals surface area contributed by atoms with Crippen LogP contribution in [0, 0.1) is 6.92 Å². The predicted octanol–water partition coefficient (Wildman–Crippen LogP) is 3.41. The summed E-state index contributed by atoms with van der Waals surface area (Å²) in [6.45, 7) is 0.199. The lowest BCUT2D eigenvalue weighted by Crippen LogP contribution is -2.45. The first kappa shape index (κ1) is 19.0. The minimum Gasteiger partial charge on any atom is -0.255 e. The fraction of sp³-hybridized carbons (Fsp3) is 0.625. The normalized spacial score (nSPS) is 13.6. The molecule has 0 aromatic carbocycles. The molecule has 1 rings (SSSR count). The number of halogens is 7. The van der Waals surface area contributed by atoms with Gasteiger partial charge in [-0.05, 0) is 6.92 Å². The van der Waals surface area contributed by atoms with Crippen LogP contribution in [0.15, 0.2) is 0 Å². The molecule has 0 N–H and O–H groups in total. The molecule has 0 aliphatic carbocycles. The van der Waals surface area contributed by atoms with Gasteiger partial charge in [0, 0.05) is 7.05 Å². The first-order valence-electron chi connectivity index (χ1n) is 5.03. The average Bonchev–Trinajstić information content (AvgIpc) is 2.47. The van der Waals surface area contributed by atoms with E-state index in [4.69, 9.17) is 46.4 Å². The van der Waals surface area contributed by atoms with E-state index in [0.717, 1.165) is 4.68 Å². The molecule has 1 aromatic rings. The van der Waals surface area contributed by atoms with Gasteiger partial charge in [-0.15, -0.1) is 0 Å². The number of aromatic nitrogens is 2. The molecule has 0 fully saturated rings. The molecule has 122 valence electrons. The highest BCUT2D eigenvalue weighted by atomic mass is 35.6. The quantitative estimate of drug-likeness (QED) is 0.720. The van der Waals surface area contributed by atoms with Crippen molar-refractivity contribution < 1.29 is 21.6 Å². The summed E-state index contributed by atoms with van der Waals surface area (Å²) in [5.41, 5.74) is -6.15. The van der Waals surface area contributed by atoms with Crippen LogP contribution in [0.1, 0.15) is 5.69 Å². The molecule has 21 heavy (non-hydrogen) atoms. The van der Waals surface area contributed by atoms with E-state index in [0.29, 0.717) is 0 Å². The summed E-state index contributed by atoms with van der Waals surface area (Å²) in [5.74, 6) is 0. The first-order valence-corrected chi connectivity index (χ1v) is 7.98. The highest BCUT2D eigenvalue weighted by molar-refractivity contribution is 7.93. The molecule has 0 saturated heterocycles. The first-order chi connectivity index (χ1) is 9.18. The van der Waals surface area contributed by atoms with Gasteiger partial charge in [-0.1, -0.05) is 46.4 Å². The van der Waals surface area contributed by atoms with Crippen LogP contribution in [0.2, 0.25) is 5.15 Å². The van der Waals surface area contributed by atoms with Crippen LogP contribution in [-0.2, 0) is 17.1 Å². The lowest BCUT2D eigenvalue weighted by atomic mass is 10.4. The van der Waals surface area contributed by atoms with Crippen LogP contribution >= 0.6 is 46.4 Å². The summed E-state index contributed by atoms with van der Waals surface area (Å²) in [5, 5.41) is 3.40. The van der Waals surface area contributed by atoms with E-state index < -0.39 is 31.6 Å². The van der Waals surface area contributed by atoms with Crippen molar-refractivity contribution in [2.75, 3.05) is 10.8 Å². The molecule has 0 bridgehead atoms. The zero-order chi connectivity index (χ0) is 16.8. The third-order valence-corrected chi connectivity index (χ3v) is 4.54. The van der Waals surface area contributed by atoms with Gasteiger partial charge < -0.3 is 0 Å². The molecule has 1 aromatic heterocycles. The number of hydrogen-bond donors (Lipinski definition) is 0. The van der Waals surface area contributed by atoms with Crippen molar-refractivity contribution in [3.05, 3.63) is 10.8 Å². The number of hydrogen-bond acceptors (Lipinski definition) is 3. The van der Waals surface area contributed by atoms with Crippen molar-refractivity contribution >= 4 is 62.1 Å². The van der Waals surface area contributed by atoms with E-state index in [1.54, 1.807) is 0 Å². The second-order valence-corrected chi connectivity index (χ2v) is 8.65. The maximum atomic E-state index is 12.8. The van der Waals surface area contributed by atoms with E-state index in [1.807, 2.05) is 0 Å². The van der Waals surface area contributed by atoms with E-state index in [2.05, 4.69) is 5.10 Å². The smallest absolute Gasteiger partial charge is 0.255 e. The van der Waals surface area contributed by atoms with Crippen molar-refractivity contribution in [2.24, 2.45) is 7.05 Å². The zero-order valence-electron chi connectivity index (χ0n) is 10.4. The van der Waals surface area contributed by atoms with Crippen LogP contribution in [0.5, 0.6) is 0 Å². The fourth-order valence-corrected chi connectivity index (χ4v) is 3.44. The Balaban J connectivity index is 3.55. The molecular weight excluding hydrogens is 401 g/mol. The van der Waals surface area contributed by atoms with Gasteiger partial charge in [-0.3, -0.25) is 8.99 Å². The van der Waals surface area contributed by atoms with E-state index in [1.165, 1.54) is 14.0 Å². The summed E-state index contributed by atoms with van der Waals surface area (Å²) >= 11 is 22.1. The molecule has 0 radical (unpaired) electrons. The van der Waals surface area contributed by atoms with Gasteiger partial charge in [0.25, 0.3) is 0 Å². The van der Waals surface area contributed by atoms with Crippen molar-refractivity contribution in [1.29, 1.82) is 0 Å². The molecule has 0 saturated carbocycles. The van der Waals surface area contributed by atoms with Crippen LogP contribution in [0.3, 0.4) is 0 Å². The Bertz CT molecular complexity index is 638. The molecule has 5 nitrogen and oxygen atoms in total. The standard InChI is InChI=1S/C8H8Cl4F3N3O2S/c1-4-5(6(9)17(2)16-4)18(3-7(10,11)12)21(19,20)8(13,14)15/h3H2,1-2H3. The van der Waals surface area contributed by atoms with Crippen LogP contribution in [-0.4, -0.2) is 34.0 Å². The van der Waals surface area contributed by atoms with E-state index in [-0.39, 0.29) is 15.2 Å². The maximum Gasteiger partial charge on any atom is 0.516 e. The van der Waals surface area contributed by atoms with Crippen molar-refractivity contribution in [3.63, 3.8) is 0 Å². The molecule has 0 aliphatic rings. The van der Waals surface area contributed by atoms with Crippen molar-refractivity contribution in [3.8, 4) is 0 Å². The Labute approximate surface area is 138 Å². The average molecular weight is 409 g/mol. The van der Waals surface area contributed by atoms with Crippen molar-refractivity contribution in [1.82, 2.24) is 9.78 Å². The fourth-order valence-electron chi connectivity index (χ4n) is 1.47. The topological polar surface area (TPSA) is 55.2 Å².